The molecule has 156 valence electrons. The quantitative estimate of drug-likeness (QED) is 0.631. The van der Waals surface area contributed by atoms with E-state index in [0.717, 1.165) is 26.2 Å². The van der Waals surface area contributed by atoms with E-state index >= 15 is 0 Å². The zero-order valence-electron chi connectivity index (χ0n) is 17.0. The molecule has 4 rings (SSSR count). The van der Waals surface area contributed by atoms with Crippen LogP contribution < -0.4 is 10.2 Å². The Balaban J connectivity index is 1.46. The highest BCUT2D eigenvalue weighted by Gasteiger charge is 2.31. The van der Waals surface area contributed by atoms with E-state index in [0.29, 0.717) is 5.56 Å². The van der Waals surface area contributed by atoms with E-state index in [1.807, 2.05) is 19.1 Å². The Kier molecular flexibility index (Phi) is 6.45. The van der Waals surface area contributed by atoms with E-state index < -0.39 is 5.82 Å². The van der Waals surface area contributed by atoms with Crippen LogP contribution in [-0.4, -0.2) is 43.0 Å². The fourth-order valence-corrected chi connectivity index (χ4v) is 5.06. The molecule has 0 bridgehead atoms. The number of amides is 1. The van der Waals surface area contributed by atoms with Gasteiger partial charge < -0.3 is 10.2 Å². The zero-order valence-corrected chi connectivity index (χ0v) is 17.8. The highest BCUT2D eigenvalue weighted by Crippen LogP contribution is 2.30. The van der Waals surface area contributed by atoms with Crippen molar-refractivity contribution in [3.63, 3.8) is 0 Å². The molecule has 2 heterocycles. The molecule has 1 saturated heterocycles. The largest absolute Gasteiger partial charge is 0.369 e. The average Bonchev–Trinajstić information content (AvgIpc) is 3.29. The van der Waals surface area contributed by atoms with Gasteiger partial charge in [-0.2, -0.15) is 0 Å². The topological polar surface area (TPSA) is 35.6 Å². The zero-order chi connectivity index (χ0) is 20.9. The summed E-state index contributed by atoms with van der Waals surface area (Å²) in [6, 6.07) is 20.5. The Bertz CT molecular complexity index is 956. The molecule has 6 heteroatoms. The third-order valence-corrected chi connectivity index (χ3v) is 6.53. The molecule has 2 atom stereocenters. The second-order valence-electron chi connectivity index (χ2n) is 7.59. The molecule has 3 aromatic rings. The molecule has 2 aromatic carbocycles. The lowest BCUT2D eigenvalue weighted by Gasteiger charge is -2.42. The number of anilines is 1. The van der Waals surface area contributed by atoms with Gasteiger partial charge >= 0.3 is 0 Å². The molecule has 30 heavy (non-hydrogen) atoms. The predicted molar refractivity (Wildman–Crippen MR) is 121 cm³/mol. The van der Waals surface area contributed by atoms with Crippen LogP contribution in [0.3, 0.4) is 0 Å². The number of para-hydroxylation sites is 1. The summed E-state index contributed by atoms with van der Waals surface area (Å²) in [5.74, 6) is -0.645. The summed E-state index contributed by atoms with van der Waals surface area (Å²) in [6.07, 6.45) is 0. The SMILES string of the molecule is C[C@@H](NC(=O)c1cccc(F)c1)[C@@H](c1cccs1)N1CCN(c2ccccc2)CC1. The number of rotatable bonds is 6. The summed E-state index contributed by atoms with van der Waals surface area (Å²) in [5.41, 5.74) is 1.60. The molecule has 0 spiro atoms. The standard InChI is InChI=1S/C24H26FN3OS/c1-18(26-24(29)19-7-5-8-20(25)17-19)23(22-11-6-16-30-22)28-14-12-27(13-15-28)21-9-3-2-4-10-21/h2-11,16-18,23H,12-15H2,1H3,(H,26,29)/t18-,23+/m1/s1. The number of carbonyl (C=O) groups is 1. The maximum atomic E-state index is 13.5. The Morgan fingerprint density at radius 1 is 1.00 bits per heavy atom. The van der Waals surface area contributed by atoms with E-state index in [-0.39, 0.29) is 18.0 Å². The highest BCUT2D eigenvalue weighted by molar-refractivity contribution is 7.10. The summed E-state index contributed by atoms with van der Waals surface area (Å²) < 4.78 is 13.5. The molecule has 0 saturated carbocycles. The number of hydrogen-bond donors (Lipinski definition) is 1. The number of hydrogen-bond acceptors (Lipinski definition) is 4. The van der Waals surface area contributed by atoms with E-state index in [1.54, 1.807) is 23.5 Å². The number of nitrogens with zero attached hydrogens (tertiary/aromatic N) is 2. The van der Waals surface area contributed by atoms with Gasteiger partial charge in [0.15, 0.2) is 0 Å². The molecule has 1 amide bonds. The Hall–Kier alpha value is -2.70. The first kappa shape index (κ1) is 20.6. The van der Waals surface area contributed by atoms with Crippen molar-refractivity contribution in [3.8, 4) is 0 Å². The smallest absolute Gasteiger partial charge is 0.251 e. The minimum atomic E-state index is -0.401. The summed E-state index contributed by atoms with van der Waals surface area (Å²) in [6.45, 7) is 5.74. The van der Waals surface area contributed by atoms with E-state index in [4.69, 9.17) is 0 Å². The van der Waals surface area contributed by atoms with Crippen LogP contribution in [0.1, 0.15) is 28.2 Å². The number of halogens is 1. The van der Waals surface area contributed by atoms with Crippen LogP contribution in [-0.2, 0) is 0 Å². The molecule has 0 aliphatic carbocycles. The van der Waals surface area contributed by atoms with Crippen molar-refractivity contribution in [2.45, 2.75) is 19.0 Å². The maximum Gasteiger partial charge on any atom is 0.251 e. The molecule has 0 radical (unpaired) electrons. The Morgan fingerprint density at radius 2 is 1.77 bits per heavy atom. The van der Waals surface area contributed by atoms with Crippen molar-refractivity contribution in [2.24, 2.45) is 0 Å². The van der Waals surface area contributed by atoms with Gasteiger partial charge in [-0.05, 0) is 48.7 Å². The van der Waals surface area contributed by atoms with E-state index in [2.05, 4.69) is 50.8 Å². The van der Waals surface area contributed by atoms with Gasteiger partial charge in [0.2, 0.25) is 0 Å². The van der Waals surface area contributed by atoms with Gasteiger partial charge in [0.05, 0.1) is 6.04 Å². The average molecular weight is 424 g/mol. The first-order valence-corrected chi connectivity index (χ1v) is 11.1. The summed E-state index contributed by atoms with van der Waals surface area (Å²) in [7, 11) is 0. The van der Waals surface area contributed by atoms with Crippen molar-refractivity contribution >= 4 is 22.9 Å². The van der Waals surface area contributed by atoms with Crippen LogP contribution in [0.5, 0.6) is 0 Å². The number of thiophene rings is 1. The van der Waals surface area contributed by atoms with Crippen molar-refractivity contribution in [1.29, 1.82) is 0 Å². The third-order valence-electron chi connectivity index (χ3n) is 5.58. The van der Waals surface area contributed by atoms with Crippen LogP contribution in [0.25, 0.3) is 0 Å². The summed E-state index contributed by atoms with van der Waals surface area (Å²) in [4.78, 5) is 18.8. The third kappa shape index (κ3) is 4.71. The van der Waals surface area contributed by atoms with Crippen LogP contribution in [0.15, 0.2) is 72.1 Å². The highest BCUT2D eigenvalue weighted by atomic mass is 32.1. The van der Waals surface area contributed by atoms with Crippen LogP contribution >= 0.6 is 11.3 Å². The second-order valence-corrected chi connectivity index (χ2v) is 8.57. The van der Waals surface area contributed by atoms with Crippen molar-refractivity contribution in [3.05, 3.63) is 88.4 Å². The van der Waals surface area contributed by atoms with Crippen LogP contribution in [0.4, 0.5) is 10.1 Å². The lowest BCUT2D eigenvalue weighted by atomic mass is 10.0. The summed E-state index contributed by atoms with van der Waals surface area (Å²) in [5, 5.41) is 5.17. The van der Waals surface area contributed by atoms with Crippen molar-refractivity contribution in [1.82, 2.24) is 10.2 Å². The van der Waals surface area contributed by atoms with Gasteiger partial charge in [-0.3, -0.25) is 9.69 Å². The fourth-order valence-electron chi connectivity index (χ4n) is 4.10. The van der Waals surface area contributed by atoms with Gasteiger partial charge in [0.1, 0.15) is 5.82 Å². The molecular weight excluding hydrogens is 397 g/mol. The molecule has 1 aromatic heterocycles. The lowest BCUT2D eigenvalue weighted by molar-refractivity contribution is 0.0890. The van der Waals surface area contributed by atoms with Crippen LogP contribution in [0, 0.1) is 5.82 Å². The van der Waals surface area contributed by atoms with Crippen LogP contribution in [0.2, 0.25) is 0 Å². The van der Waals surface area contributed by atoms with Gasteiger partial charge in [-0.15, -0.1) is 11.3 Å². The number of nitrogens with one attached hydrogen (secondary N) is 1. The maximum absolute atomic E-state index is 13.5. The number of benzene rings is 2. The molecule has 4 nitrogen and oxygen atoms in total. The van der Waals surface area contributed by atoms with E-state index in [1.165, 1.54) is 22.7 Å². The summed E-state index contributed by atoms with van der Waals surface area (Å²) >= 11 is 1.71. The second kappa shape index (κ2) is 9.41. The van der Waals surface area contributed by atoms with Crippen molar-refractivity contribution in [2.75, 3.05) is 31.1 Å². The molecule has 0 unspecified atom stereocenters. The number of carbonyl (C=O) groups excluding carboxylic acids is 1. The first-order valence-electron chi connectivity index (χ1n) is 10.3. The Labute approximate surface area is 180 Å². The van der Waals surface area contributed by atoms with Gasteiger partial charge in [-0.25, -0.2) is 4.39 Å². The monoisotopic (exact) mass is 423 g/mol. The Morgan fingerprint density at radius 3 is 2.43 bits per heavy atom. The van der Waals surface area contributed by atoms with Gasteiger partial charge in [0, 0.05) is 48.3 Å². The molecule has 1 N–H and O–H groups in total. The van der Waals surface area contributed by atoms with Gasteiger partial charge in [0.25, 0.3) is 5.91 Å². The minimum absolute atomic E-state index is 0.0837. The molecule has 1 aliphatic heterocycles. The molecular formula is C24H26FN3OS. The van der Waals surface area contributed by atoms with Gasteiger partial charge in [-0.1, -0.05) is 30.3 Å². The molecule has 1 fully saturated rings. The predicted octanol–water partition coefficient (Wildman–Crippen LogP) is 4.57. The fraction of sp³-hybridized carbons (Fsp3) is 0.292. The van der Waals surface area contributed by atoms with E-state index in [9.17, 15) is 9.18 Å². The molecule has 1 aliphatic rings. The lowest BCUT2D eigenvalue weighted by Crippen LogP contribution is -2.52. The normalized spacial score (nSPS) is 16.8. The first-order chi connectivity index (χ1) is 14.6. The van der Waals surface area contributed by atoms with Crippen molar-refractivity contribution < 1.29 is 9.18 Å². The number of piperazine rings is 1. The minimum Gasteiger partial charge on any atom is -0.369 e.